The van der Waals surface area contributed by atoms with E-state index in [4.69, 9.17) is 4.74 Å². The summed E-state index contributed by atoms with van der Waals surface area (Å²) < 4.78 is 7.28. The number of benzene rings is 2. The van der Waals surface area contributed by atoms with E-state index in [1.54, 1.807) is 7.11 Å². The number of hydrogen-bond acceptors (Lipinski definition) is 5. The van der Waals surface area contributed by atoms with Gasteiger partial charge in [0.25, 0.3) is 0 Å². The van der Waals surface area contributed by atoms with Crippen LogP contribution in [0.4, 0.5) is 0 Å². The summed E-state index contributed by atoms with van der Waals surface area (Å²) in [6.07, 6.45) is 0. The normalized spacial score (nSPS) is 11.2. The number of aromatic nitrogens is 3. The number of rotatable bonds is 9. The van der Waals surface area contributed by atoms with Crippen molar-refractivity contribution in [2.45, 2.75) is 38.4 Å². The van der Waals surface area contributed by atoms with Gasteiger partial charge < -0.3 is 4.74 Å². The molecule has 0 radical (unpaired) electrons. The average Bonchev–Trinajstić information content (AvgIpc) is 3.13. The number of nitrogens with zero attached hydrogens (tertiary/aromatic N) is 3. The molecular formula is C23H27N3O2S. The van der Waals surface area contributed by atoms with Gasteiger partial charge >= 0.3 is 0 Å². The van der Waals surface area contributed by atoms with E-state index in [0.717, 1.165) is 27.7 Å². The Labute approximate surface area is 176 Å². The van der Waals surface area contributed by atoms with E-state index in [9.17, 15) is 4.79 Å². The summed E-state index contributed by atoms with van der Waals surface area (Å²) in [7, 11) is 1.67. The topological polar surface area (TPSA) is 57.0 Å². The molecule has 0 fully saturated rings. The van der Waals surface area contributed by atoms with Gasteiger partial charge in [-0.25, -0.2) is 0 Å². The zero-order valence-electron chi connectivity index (χ0n) is 17.4. The molecule has 0 aliphatic heterocycles. The zero-order chi connectivity index (χ0) is 20.8. The Bertz CT molecular complexity index is 965. The Morgan fingerprint density at radius 2 is 1.90 bits per heavy atom. The summed E-state index contributed by atoms with van der Waals surface area (Å²) in [5.41, 5.74) is 4.13. The SMILES string of the molecule is COCCn1c(SCC(=O)c2ccc(C(C)C)cc2)nnc1-c1cccc(C)c1. The molecule has 0 atom stereocenters. The van der Waals surface area contributed by atoms with Crippen molar-refractivity contribution in [2.75, 3.05) is 19.5 Å². The molecule has 1 heterocycles. The molecule has 152 valence electrons. The second kappa shape index (κ2) is 9.85. The van der Waals surface area contributed by atoms with Crippen molar-refractivity contribution >= 4 is 17.5 Å². The summed E-state index contributed by atoms with van der Waals surface area (Å²) in [6.45, 7) is 7.52. The number of hydrogen-bond donors (Lipinski definition) is 0. The van der Waals surface area contributed by atoms with Crippen LogP contribution in [0.2, 0.25) is 0 Å². The maximum atomic E-state index is 12.6. The van der Waals surface area contributed by atoms with E-state index in [1.165, 1.54) is 17.3 Å². The summed E-state index contributed by atoms with van der Waals surface area (Å²) in [5.74, 6) is 1.65. The largest absolute Gasteiger partial charge is 0.383 e. The number of carbonyl (C=O) groups is 1. The fourth-order valence-corrected chi connectivity index (χ4v) is 3.90. The molecule has 0 amide bonds. The van der Waals surface area contributed by atoms with Gasteiger partial charge in [-0.2, -0.15) is 0 Å². The Morgan fingerprint density at radius 1 is 1.14 bits per heavy atom. The molecule has 0 saturated carbocycles. The lowest BCUT2D eigenvalue weighted by Gasteiger charge is -2.10. The molecule has 0 saturated heterocycles. The van der Waals surface area contributed by atoms with Gasteiger partial charge in [0.15, 0.2) is 16.8 Å². The number of thioether (sulfide) groups is 1. The average molecular weight is 410 g/mol. The first-order chi connectivity index (χ1) is 14.0. The number of carbonyl (C=O) groups excluding carboxylic acids is 1. The molecule has 6 heteroatoms. The van der Waals surface area contributed by atoms with Crippen molar-refractivity contribution in [3.8, 4) is 11.4 Å². The van der Waals surface area contributed by atoms with Crippen molar-refractivity contribution in [2.24, 2.45) is 0 Å². The summed E-state index contributed by atoms with van der Waals surface area (Å²) in [5, 5.41) is 9.46. The van der Waals surface area contributed by atoms with Gasteiger partial charge in [-0.15, -0.1) is 10.2 Å². The zero-order valence-corrected chi connectivity index (χ0v) is 18.2. The van der Waals surface area contributed by atoms with Crippen LogP contribution in [0.5, 0.6) is 0 Å². The van der Waals surface area contributed by atoms with Crippen LogP contribution < -0.4 is 0 Å². The molecule has 0 aliphatic carbocycles. The lowest BCUT2D eigenvalue weighted by atomic mass is 10.0. The summed E-state index contributed by atoms with van der Waals surface area (Å²) in [4.78, 5) is 12.6. The second-order valence-electron chi connectivity index (χ2n) is 7.31. The van der Waals surface area contributed by atoms with Crippen LogP contribution in [0, 0.1) is 6.92 Å². The lowest BCUT2D eigenvalue weighted by molar-refractivity contribution is 0.102. The highest BCUT2D eigenvalue weighted by atomic mass is 32.2. The Kier molecular flexibility index (Phi) is 7.23. The molecule has 0 aliphatic rings. The van der Waals surface area contributed by atoms with Crippen molar-refractivity contribution in [3.63, 3.8) is 0 Å². The van der Waals surface area contributed by atoms with Gasteiger partial charge in [-0.3, -0.25) is 9.36 Å². The van der Waals surface area contributed by atoms with Crippen LogP contribution in [0.15, 0.2) is 53.7 Å². The van der Waals surface area contributed by atoms with Gasteiger partial charge in [-0.1, -0.05) is 73.6 Å². The Morgan fingerprint density at radius 3 is 2.55 bits per heavy atom. The number of aryl methyl sites for hydroxylation is 1. The predicted molar refractivity (Wildman–Crippen MR) is 118 cm³/mol. The monoisotopic (exact) mass is 409 g/mol. The third-order valence-electron chi connectivity index (χ3n) is 4.74. The van der Waals surface area contributed by atoms with Gasteiger partial charge in [-0.05, 0) is 24.5 Å². The van der Waals surface area contributed by atoms with Gasteiger partial charge in [0.05, 0.1) is 18.9 Å². The molecule has 1 aromatic heterocycles. The quantitative estimate of drug-likeness (QED) is 0.368. The minimum Gasteiger partial charge on any atom is -0.383 e. The lowest BCUT2D eigenvalue weighted by Crippen LogP contribution is -2.09. The fraction of sp³-hybridized carbons (Fsp3) is 0.348. The Balaban J connectivity index is 1.77. The molecule has 5 nitrogen and oxygen atoms in total. The first-order valence-electron chi connectivity index (χ1n) is 9.74. The smallest absolute Gasteiger partial charge is 0.192 e. The van der Waals surface area contributed by atoms with E-state index in [2.05, 4.69) is 43.1 Å². The maximum Gasteiger partial charge on any atom is 0.192 e. The van der Waals surface area contributed by atoms with Crippen molar-refractivity contribution in [1.82, 2.24) is 14.8 Å². The first-order valence-corrected chi connectivity index (χ1v) is 10.7. The van der Waals surface area contributed by atoms with Crippen LogP contribution in [-0.4, -0.2) is 40.0 Å². The minimum absolute atomic E-state index is 0.0868. The molecule has 2 aromatic carbocycles. The highest BCUT2D eigenvalue weighted by Crippen LogP contribution is 2.25. The van der Waals surface area contributed by atoms with Crippen molar-refractivity contribution in [1.29, 1.82) is 0 Å². The maximum absolute atomic E-state index is 12.6. The van der Waals surface area contributed by atoms with Crippen LogP contribution in [0.1, 0.15) is 41.3 Å². The molecule has 29 heavy (non-hydrogen) atoms. The van der Waals surface area contributed by atoms with Gasteiger partial charge in [0.1, 0.15) is 0 Å². The van der Waals surface area contributed by atoms with E-state index >= 15 is 0 Å². The van der Waals surface area contributed by atoms with E-state index in [-0.39, 0.29) is 5.78 Å². The Hall–Kier alpha value is -2.44. The molecule has 0 unspecified atom stereocenters. The minimum atomic E-state index is 0.0868. The highest BCUT2D eigenvalue weighted by molar-refractivity contribution is 7.99. The molecule has 3 aromatic rings. The fourth-order valence-electron chi connectivity index (χ4n) is 3.04. The second-order valence-corrected chi connectivity index (χ2v) is 8.25. The van der Waals surface area contributed by atoms with Crippen LogP contribution in [0.3, 0.4) is 0 Å². The van der Waals surface area contributed by atoms with Crippen LogP contribution in [0.25, 0.3) is 11.4 Å². The third kappa shape index (κ3) is 5.34. The van der Waals surface area contributed by atoms with Crippen LogP contribution >= 0.6 is 11.8 Å². The molecule has 0 spiro atoms. The third-order valence-corrected chi connectivity index (χ3v) is 5.71. The van der Waals surface area contributed by atoms with Gasteiger partial charge in [0.2, 0.25) is 0 Å². The number of methoxy groups -OCH3 is 1. The molecule has 0 N–H and O–H groups in total. The highest BCUT2D eigenvalue weighted by Gasteiger charge is 2.16. The number of Topliss-reactive ketones (excluding diaryl/α,β-unsaturated/α-hetero) is 1. The van der Waals surface area contributed by atoms with E-state index in [0.29, 0.717) is 24.8 Å². The summed E-state index contributed by atoms with van der Waals surface area (Å²) in [6, 6.07) is 16.0. The number of ketones is 1. The summed E-state index contributed by atoms with van der Waals surface area (Å²) >= 11 is 1.41. The van der Waals surface area contributed by atoms with E-state index in [1.807, 2.05) is 41.0 Å². The van der Waals surface area contributed by atoms with E-state index < -0.39 is 0 Å². The van der Waals surface area contributed by atoms with Crippen molar-refractivity contribution < 1.29 is 9.53 Å². The van der Waals surface area contributed by atoms with Crippen molar-refractivity contribution in [3.05, 3.63) is 65.2 Å². The molecular weight excluding hydrogens is 382 g/mol. The van der Waals surface area contributed by atoms with Gasteiger partial charge in [0, 0.05) is 18.2 Å². The standard InChI is InChI=1S/C23H27N3O2S/c1-16(2)18-8-10-19(11-9-18)21(27)15-29-23-25-24-22(26(23)12-13-28-4)20-7-5-6-17(3)14-20/h5-11,14,16H,12-13,15H2,1-4H3. The predicted octanol–water partition coefficient (Wildman–Crippen LogP) is 5.00. The molecule has 0 bridgehead atoms. The van der Waals surface area contributed by atoms with Crippen LogP contribution in [-0.2, 0) is 11.3 Å². The first kappa shape index (κ1) is 21.3. The molecule has 3 rings (SSSR count). The number of ether oxygens (including phenoxy) is 1.